The number of hydrogen-bond donors (Lipinski definition) is 1. The SMILES string of the molecule is CCn1cc(C(=O)Nc2ccc(-n3c(C)ccc3C)c(OC)c2)c(=O)c2ccc(C)nc21. The molecule has 1 aromatic carbocycles. The Bertz CT molecular complexity index is 1380. The van der Waals surface area contributed by atoms with Gasteiger partial charge in [0.05, 0.1) is 18.2 Å². The zero-order valence-electron chi connectivity index (χ0n) is 18.9. The molecule has 1 N–H and O–H groups in total. The number of amides is 1. The van der Waals surface area contributed by atoms with E-state index in [4.69, 9.17) is 4.74 Å². The van der Waals surface area contributed by atoms with Gasteiger partial charge in [-0.25, -0.2) is 4.98 Å². The van der Waals surface area contributed by atoms with Gasteiger partial charge in [0.1, 0.15) is 17.0 Å². The standard InChI is InChI=1S/C25H26N4O3/c1-6-28-14-20(23(30)19-11-7-15(2)26-24(19)28)25(31)27-18-10-12-21(22(13-18)32-5)29-16(3)8-9-17(29)4/h7-14H,6H2,1-5H3,(H,27,31). The van der Waals surface area contributed by atoms with Crippen molar-refractivity contribution in [3.63, 3.8) is 0 Å². The van der Waals surface area contributed by atoms with E-state index in [9.17, 15) is 9.59 Å². The highest BCUT2D eigenvalue weighted by molar-refractivity contribution is 6.05. The molecule has 0 unspecified atom stereocenters. The van der Waals surface area contributed by atoms with Crippen LogP contribution in [0.2, 0.25) is 0 Å². The molecular weight excluding hydrogens is 404 g/mol. The van der Waals surface area contributed by atoms with Crippen LogP contribution in [-0.4, -0.2) is 27.1 Å². The third-order valence-electron chi connectivity index (χ3n) is 5.60. The summed E-state index contributed by atoms with van der Waals surface area (Å²) >= 11 is 0. The van der Waals surface area contributed by atoms with Crippen molar-refractivity contribution in [3.8, 4) is 11.4 Å². The average molecular weight is 431 g/mol. The van der Waals surface area contributed by atoms with Gasteiger partial charge in [0.2, 0.25) is 5.43 Å². The summed E-state index contributed by atoms with van der Waals surface area (Å²) in [5, 5.41) is 3.27. The van der Waals surface area contributed by atoms with Gasteiger partial charge in [0, 0.05) is 41.6 Å². The quantitative estimate of drug-likeness (QED) is 0.509. The van der Waals surface area contributed by atoms with Crippen LogP contribution in [0.25, 0.3) is 16.7 Å². The molecule has 0 atom stereocenters. The Hall–Kier alpha value is -3.87. The summed E-state index contributed by atoms with van der Waals surface area (Å²) in [6.45, 7) is 8.46. The maximum absolute atomic E-state index is 13.0. The van der Waals surface area contributed by atoms with Crippen molar-refractivity contribution in [1.82, 2.24) is 14.1 Å². The van der Waals surface area contributed by atoms with Crippen LogP contribution in [-0.2, 0) is 6.54 Å². The maximum atomic E-state index is 13.0. The first-order valence-electron chi connectivity index (χ1n) is 10.5. The van der Waals surface area contributed by atoms with E-state index in [-0.39, 0.29) is 11.0 Å². The summed E-state index contributed by atoms with van der Waals surface area (Å²) in [6.07, 6.45) is 1.57. The Balaban J connectivity index is 1.72. The van der Waals surface area contributed by atoms with Crippen LogP contribution < -0.4 is 15.5 Å². The molecular formula is C25H26N4O3. The van der Waals surface area contributed by atoms with Gasteiger partial charge in [-0.2, -0.15) is 0 Å². The van der Waals surface area contributed by atoms with Crippen LogP contribution in [0.4, 0.5) is 5.69 Å². The van der Waals surface area contributed by atoms with Crippen LogP contribution in [0.5, 0.6) is 5.75 Å². The highest BCUT2D eigenvalue weighted by atomic mass is 16.5. The first kappa shape index (κ1) is 21.4. The molecule has 0 aliphatic carbocycles. The lowest BCUT2D eigenvalue weighted by molar-refractivity contribution is 0.102. The molecule has 32 heavy (non-hydrogen) atoms. The fraction of sp³-hybridized carbons (Fsp3) is 0.240. The van der Waals surface area contributed by atoms with E-state index >= 15 is 0 Å². The lowest BCUT2D eigenvalue weighted by Gasteiger charge is -2.16. The fourth-order valence-electron chi connectivity index (χ4n) is 3.95. The van der Waals surface area contributed by atoms with E-state index < -0.39 is 5.91 Å². The highest BCUT2D eigenvalue weighted by Gasteiger charge is 2.17. The number of hydrogen-bond acceptors (Lipinski definition) is 4. The predicted molar refractivity (Wildman–Crippen MR) is 126 cm³/mol. The third-order valence-corrected chi connectivity index (χ3v) is 5.60. The molecule has 0 fully saturated rings. The number of nitrogens with zero attached hydrogens (tertiary/aromatic N) is 3. The lowest BCUT2D eigenvalue weighted by atomic mass is 10.1. The fourth-order valence-corrected chi connectivity index (χ4v) is 3.95. The van der Waals surface area contributed by atoms with Crippen molar-refractivity contribution in [2.45, 2.75) is 34.2 Å². The molecule has 4 aromatic rings. The minimum atomic E-state index is -0.470. The minimum Gasteiger partial charge on any atom is -0.494 e. The van der Waals surface area contributed by atoms with Crippen molar-refractivity contribution in [2.24, 2.45) is 0 Å². The smallest absolute Gasteiger partial charge is 0.261 e. The molecule has 3 heterocycles. The van der Waals surface area contributed by atoms with E-state index in [1.807, 2.05) is 50.5 Å². The number of ether oxygens (including phenoxy) is 1. The molecule has 0 aliphatic heterocycles. The monoisotopic (exact) mass is 430 g/mol. The first-order valence-corrected chi connectivity index (χ1v) is 10.5. The number of rotatable bonds is 5. The van der Waals surface area contributed by atoms with Crippen molar-refractivity contribution < 1.29 is 9.53 Å². The number of carbonyl (C=O) groups is 1. The van der Waals surface area contributed by atoms with Gasteiger partial charge in [-0.15, -0.1) is 0 Å². The molecule has 0 saturated carbocycles. The molecule has 0 bridgehead atoms. The highest BCUT2D eigenvalue weighted by Crippen LogP contribution is 2.29. The molecule has 0 aliphatic rings. The number of anilines is 1. The Kier molecular flexibility index (Phi) is 5.57. The average Bonchev–Trinajstić information content (AvgIpc) is 3.11. The normalized spacial score (nSPS) is 11.0. The number of pyridine rings is 2. The molecule has 7 nitrogen and oxygen atoms in total. The van der Waals surface area contributed by atoms with Crippen LogP contribution in [0.3, 0.4) is 0 Å². The van der Waals surface area contributed by atoms with Crippen LogP contribution in [0, 0.1) is 20.8 Å². The minimum absolute atomic E-state index is 0.0742. The van der Waals surface area contributed by atoms with Crippen LogP contribution >= 0.6 is 0 Å². The Morgan fingerprint density at radius 1 is 1.06 bits per heavy atom. The number of nitrogens with one attached hydrogen (secondary N) is 1. The van der Waals surface area contributed by atoms with Gasteiger partial charge in [0.15, 0.2) is 0 Å². The maximum Gasteiger partial charge on any atom is 0.261 e. The van der Waals surface area contributed by atoms with Gasteiger partial charge < -0.3 is 19.2 Å². The number of methoxy groups -OCH3 is 1. The second kappa shape index (κ2) is 8.34. The topological polar surface area (TPSA) is 78.1 Å². The number of benzene rings is 1. The molecule has 0 spiro atoms. The van der Waals surface area contributed by atoms with E-state index in [2.05, 4.69) is 14.9 Å². The number of aromatic nitrogens is 3. The molecule has 7 heteroatoms. The number of aryl methyl sites for hydroxylation is 4. The number of fused-ring (bicyclic) bond motifs is 1. The van der Waals surface area contributed by atoms with E-state index in [1.54, 1.807) is 37.6 Å². The van der Waals surface area contributed by atoms with Gasteiger partial charge in [-0.3, -0.25) is 9.59 Å². The van der Waals surface area contributed by atoms with Crippen molar-refractivity contribution in [2.75, 3.05) is 12.4 Å². The molecule has 0 saturated heterocycles. The Morgan fingerprint density at radius 3 is 2.44 bits per heavy atom. The van der Waals surface area contributed by atoms with Gasteiger partial charge in [0.25, 0.3) is 5.91 Å². The van der Waals surface area contributed by atoms with E-state index in [0.29, 0.717) is 29.0 Å². The molecule has 1 amide bonds. The third kappa shape index (κ3) is 3.66. The summed E-state index contributed by atoms with van der Waals surface area (Å²) in [7, 11) is 1.59. The second-order valence-electron chi connectivity index (χ2n) is 7.77. The summed E-state index contributed by atoms with van der Waals surface area (Å²) in [4.78, 5) is 30.5. The Labute approximate surface area is 186 Å². The van der Waals surface area contributed by atoms with Gasteiger partial charge in [-0.1, -0.05) is 0 Å². The van der Waals surface area contributed by atoms with Crippen LogP contribution in [0.1, 0.15) is 34.4 Å². The lowest BCUT2D eigenvalue weighted by Crippen LogP contribution is -2.24. The van der Waals surface area contributed by atoms with E-state index in [1.165, 1.54) is 0 Å². The molecule has 164 valence electrons. The van der Waals surface area contributed by atoms with Crippen molar-refractivity contribution in [3.05, 3.63) is 81.5 Å². The summed E-state index contributed by atoms with van der Waals surface area (Å²) in [5.74, 6) is 0.150. The Morgan fingerprint density at radius 2 is 1.78 bits per heavy atom. The van der Waals surface area contributed by atoms with Crippen molar-refractivity contribution >= 4 is 22.6 Å². The van der Waals surface area contributed by atoms with E-state index in [0.717, 1.165) is 22.8 Å². The van der Waals surface area contributed by atoms with Crippen molar-refractivity contribution in [1.29, 1.82) is 0 Å². The second-order valence-corrected chi connectivity index (χ2v) is 7.77. The molecule has 0 radical (unpaired) electrons. The summed E-state index contributed by atoms with van der Waals surface area (Å²) in [5.41, 5.74) is 4.72. The molecule has 4 rings (SSSR count). The van der Waals surface area contributed by atoms with Gasteiger partial charge >= 0.3 is 0 Å². The summed E-state index contributed by atoms with van der Waals surface area (Å²) < 4.78 is 9.50. The van der Waals surface area contributed by atoms with Gasteiger partial charge in [-0.05, 0) is 64.1 Å². The number of carbonyl (C=O) groups excluding carboxylic acids is 1. The summed E-state index contributed by atoms with van der Waals surface area (Å²) in [6, 6.07) is 13.0. The zero-order valence-corrected chi connectivity index (χ0v) is 18.9. The first-order chi connectivity index (χ1) is 15.3. The molecule has 3 aromatic heterocycles. The zero-order chi connectivity index (χ0) is 23.0. The van der Waals surface area contributed by atoms with Crippen LogP contribution in [0.15, 0.2) is 53.5 Å². The largest absolute Gasteiger partial charge is 0.494 e. The predicted octanol–water partition coefficient (Wildman–Crippen LogP) is 4.39.